The van der Waals surface area contributed by atoms with Gasteiger partial charge in [0.1, 0.15) is 0 Å². The first-order valence-corrected chi connectivity index (χ1v) is 7.25. The summed E-state index contributed by atoms with van der Waals surface area (Å²) in [5.74, 6) is 0. The summed E-state index contributed by atoms with van der Waals surface area (Å²) in [6.07, 6.45) is 1.17. The van der Waals surface area contributed by atoms with E-state index in [9.17, 15) is 4.79 Å². The number of nitrogens with zero attached hydrogens (tertiary/aromatic N) is 2. The molecule has 5 heteroatoms. The molecule has 0 spiro atoms. The third-order valence-corrected chi connectivity index (χ3v) is 4.29. The second-order valence-electron chi connectivity index (χ2n) is 5.80. The maximum absolute atomic E-state index is 11.6. The van der Waals surface area contributed by atoms with Crippen LogP contribution in [0.25, 0.3) is 0 Å². The van der Waals surface area contributed by atoms with E-state index in [-0.39, 0.29) is 6.03 Å². The third-order valence-electron chi connectivity index (χ3n) is 4.29. The van der Waals surface area contributed by atoms with E-state index in [0.29, 0.717) is 12.1 Å². The highest BCUT2D eigenvalue weighted by Gasteiger charge is 2.26. The number of anilines is 2. The van der Waals surface area contributed by atoms with Crippen LogP contribution in [0.2, 0.25) is 0 Å². The average molecular weight is 274 g/mol. The van der Waals surface area contributed by atoms with Crippen LogP contribution in [0.1, 0.15) is 13.3 Å². The number of nitrogens with one attached hydrogen (secondary N) is 2. The van der Waals surface area contributed by atoms with E-state index >= 15 is 0 Å². The lowest BCUT2D eigenvalue weighted by atomic mass is 10.2. The molecule has 0 bridgehead atoms. The predicted octanol–water partition coefficient (Wildman–Crippen LogP) is 1.72. The Morgan fingerprint density at radius 2 is 2.05 bits per heavy atom. The van der Waals surface area contributed by atoms with Crippen molar-refractivity contribution >= 4 is 17.4 Å². The number of urea groups is 1. The van der Waals surface area contributed by atoms with Crippen LogP contribution < -0.4 is 15.5 Å². The van der Waals surface area contributed by atoms with Gasteiger partial charge in [0.2, 0.25) is 0 Å². The van der Waals surface area contributed by atoms with E-state index in [0.717, 1.165) is 31.0 Å². The fourth-order valence-electron chi connectivity index (χ4n) is 2.99. The fourth-order valence-corrected chi connectivity index (χ4v) is 2.99. The second kappa shape index (κ2) is 5.32. The molecule has 3 rings (SSSR count). The summed E-state index contributed by atoms with van der Waals surface area (Å²) >= 11 is 0. The molecular weight excluding hydrogens is 252 g/mol. The summed E-state index contributed by atoms with van der Waals surface area (Å²) in [5, 5.41) is 6.39. The van der Waals surface area contributed by atoms with Gasteiger partial charge >= 0.3 is 6.03 Å². The highest BCUT2D eigenvalue weighted by Crippen LogP contribution is 2.23. The van der Waals surface area contributed by atoms with Crippen LogP contribution in [-0.2, 0) is 0 Å². The van der Waals surface area contributed by atoms with E-state index in [1.807, 2.05) is 12.1 Å². The molecule has 2 N–H and O–H groups in total. The van der Waals surface area contributed by atoms with Gasteiger partial charge in [-0.25, -0.2) is 4.79 Å². The predicted molar refractivity (Wildman–Crippen MR) is 81.3 cm³/mol. The molecule has 0 aliphatic carbocycles. The van der Waals surface area contributed by atoms with Gasteiger partial charge in [-0.05, 0) is 44.7 Å². The van der Waals surface area contributed by atoms with Crippen molar-refractivity contribution in [3.8, 4) is 0 Å². The quantitative estimate of drug-likeness (QED) is 0.882. The molecule has 2 unspecified atom stereocenters. The van der Waals surface area contributed by atoms with Crippen LogP contribution in [-0.4, -0.2) is 49.7 Å². The Labute approximate surface area is 119 Å². The first-order valence-electron chi connectivity index (χ1n) is 7.25. The molecule has 5 nitrogen and oxygen atoms in total. The summed E-state index contributed by atoms with van der Waals surface area (Å²) in [5.41, 5.74) is 2.09. The van der Waals surface area contributed by atoms with Gasteiger partial charge < -0.3 is 15.5 Å². The van der Waals surface area contributed by atoms with Crippen LogP contribution in [0.3, 0.4) is 0 Å². The Balaban J connectivity index is 1.63. The molecular formula is C15H22N4O. The molecule has 1 aromatic rings. The maximum Gasteiger partial charge on any atom is 0.321 e. The van der Waals surface area contributed by atoms with Crippen LogP contribution in [0, 0.1) is 0 Å². The zero-order valence-corrected chi connectivity index (χ0v) is 12.1. The van der Waals surface area contributed by atoms with E-state index in [4.69, 9.17) is 0 Å². The minimum Gasteiger partial charge on any atom is -0.381 e. The summed E-state index contributed by atoms with van der Waals surface area (Å²) < 4.78 is 0. The molecule has 2 heterocycles. The second-order valence-corrected chi connectivity index (χ2v) is 5.80. The third kappa shape index (κ3) is 2.58. The highest BCUT2D eigenvalue weighted by atomic mass is 16.2. The van der Waals surface area contributed by atoms with Crippen LogP contribution >= 0.6 is 0 Å². The maximum atomic E-state index is 11.6. The Hall–Kier alpha value is -1.75. The largest absolute Gasteiger partial charge is 0.381 e. The minimum absolute atomic E-state index is 0.00282. The molecule has 2 fully saturated rings. The van der Waals surface area contributed by atoms with Crippen molar-refractivity contribution in [2.45, 2.75) is 25.4 Å². The molecule has 2 amide bonds. The normalized spacial score (nSPS) is 26.9. The van der Waals surface area contributed by atoms with Crippen molar-refractivity contribution in [2.24, 2.45) is 0 Å². The van der Waals surface area contributed by atoms with Gasteiger partial charge in [0.15, 0.2) is 0 Å². The van der Waals surface area contributed by atoms with E-state index < -0.39 is 0 Å². The summed E-state index contributed by atoms with van der Waals surface area (Å²) in [6, 6.07) is 9.28. The van der Waals surface area contributed by atoms with Crippen LogP contribution in [0.15, 0.2) is 24.3 Å². The number of hydrogen-bond donors (Lipinski definition) is 2. The lowest BCUT2D eigenvalue weighted by Crippen LogP contribution is -2.27. The molecule has 0 saturated carbocycles. The van der Waals surface area contributed by atoms with Gasteiger partial charge in [-0.15, -0.1) is 0 Å². The standard InChI is InChI=1S/C15H22N4O/c1-11-9-13(10-18(11)2)17-12-3-5-14(6-4-12)19-8-7-16-15(19)20/h3-6,11,13,17H,7-10H2,1-2H3,(H,16,20). The number of amides is 2. The Morgan fingerprint density at radius 1 is 1.30 bits per heavy atom. The lowest BCUT2D eigenvalue weighted by Gasteiger charge is -2.17. The number of rotatable bonds is 3. The van der Waals surface area contributed by atoms with Crippen molar-refractivity contribution in [3.05, 3.63) is 24.3 Å². The van der Waals surface area contributed by atoms with Crippen molar-refractivity contribution in [2.75, 3.05) is 36.9 Å². The lowest BCUT2D eigenvalue weighted by molar-refractivity contribution is 0.252. The number of likely N-dealkylation sites (tertiary alicyclic amines) is 1. The molecule has 2 aliphatic rings. The number of benzene rings is 1. The van der Waals surface area contributed by atoms with Crippen molar-refractivity contribution in [1.29, 1.82) is 0 Å². The molecule has 2 saturated heterocycles. The van der Waals surface area contributed by atoms with Gasteiger partial charge in [-0.2, -0.15) is 0 Å². The number of likely N-dealkylation sites (N-methyl/N-ethyl adjacent to an activating group) is 1. The topological polar surface area (TPSA) is 47.6 Å². The first-order chi connectivity index (χ1) is 9.63. The smallest absolute Gasteiger partial charge is 0.321 e. The van der Waals surface area contributed by atoms with Gasteiger partial charge in [-0.1, -0.05) is 0 Å². The highest BCUT2D eigenvalue weighted by molar-refractivity contribution is 5.94. The number of hydrogen-bond acceptors (Lipinski definition) is 3. The Morgan fingerprint density at radius 3 is 2.60 bits per heavy atom. The van der Waals surface area contributed by atoms with Gasteiger partial charge in [0.05, 0.1) is 0 Å². The van der Waals surface area contributed by atoms with Crippen molar-refractivity contribution in [3.63, 3.8) is 0 Å². The molecule has 2 aliphatic heterocycles. The zero-order chi connectivity index (χ0) is 14.1. The van der Waals surface area contributed by atoms with Crippen LogP contribution in [0.5, 0.6) is 0 Å². The minimum atomic E-state index is -0.00282. The summed E-state index contributed by atoms with van der Waals surface area (Å²) in [7, 11) is 2.17. The average Bonchev–Trinajstić information content (AvgIpc) is 2.98. The van der Waals surface area contributed by atoms with Gasteiger partial charge in [-0.3, -0.25) is 4.90 Å². The van der Waals surface area contributed by atoms with Crippen molar-refractivity contribution < 1.29 is 4.79 Å². The first kappa shape index (κ1) is 13.2. The Bertz CT molecular complexity index is 477. The number of carbonyl (C=O) groups is 1. The van der Waals surface area contributed by atoms with Gasteiger partial charge in [0.25, 0.3) is 0 Å². The molecule has 2 atom stereocenters. The van der Waals surface area contributed by atoms with Crippen molar-refractivity contribution in [1.82, 2.24) is 10.2 Å². The zero-order valence-electron chi connectivity index (χ0n) is 12.1. The molecule has 1 aromatic carbocycles. The SMILES string of the molecule is CC1CC(Nc2ccc(N3CCNC3=O)cc2)CN1C. The van der Waals surface area contributed by atoms with E-state index in [2.05, 4.69) is 41.6 Å². The van der Waals surface area contributed by atoms with E-state index in [1.165, 1.54) is 6.42 Å². The molecule has 20 heavy (non-hydrogen) atoms. The summed E-state index contributed by atoms with van der Waals surface area (Å²) in [6.45, 7) is 4.82. The number of carbonyl (C=O) groups excluding carboxylic acids is 1. The van der Waals surface area contributed by atoms with Crippen LogP contribution in [0.4, 0.5) is 16.2 Å². The molecule has 0 aromatic heterocycles. The summed E-state index contributed by atoms with van der Waals surface area (Å²) in [4.78, 5) is 15.8. The molecule has 108 valence electrons. The van der Waals surface area contributed by atoms with Gasteiger partial charge in [0, 0.05) is 43.1 Å². The Kier molecular flexibility index (Phi) is 3.53. The fraction of sp³-hybridized carbons (Fsp3) is 0.533. The molecule has 0 radical (unpaired) electrons. The van der Waals surface area contributed by atoms with E-state index in [1.54, 1.807) is 4.90 Å². The monoisotopic (exact) mass is 274 g/mol.